The summed E-state index contributed by atoms with van der Waals surface area (Å²) < 4.78 is 48.2. The SMILES string of the molecule is C[C@@]1(O)[C@H](O)C(OP(N)(=O)OP(=O)(O)OP(=O)(O)O)C[C@H]1n1cnc2c(=O)[nH]c(N)nc21. The van der Waals surface area contributed by atoms with Crippen LogP contribution in [0.3, 0.4) is 0 Å². The topological polar surface area (TPSA) is 296 Å². The average Bonchev–Trinajstić information content (AvgIpc) is 3.05. The molecule has 21 heteroatoms. The zero-order valence-corrected chi connectivity index (χ0v) is 18.6. The zero-order chi connectivity index (χ0) is 24.3. The molecule has 0 aliphatic heterocycles. The first kappa shape index (κ1) is 25.1. The number of nitrogens with one attached hydrogen (secondary N) is 1. The van der Waals surface area contributed by atoms with E-state index in [1.165, 1.54) is 11.5 Å². The van der Waals surface area contributed by atoms with E-state index in [2.05, 4.69) is 23.6 Å². The lowest BCUT2D eigenvalue weighted by molar-refractivity contribution is -0.0849. The molecule has 2 heterocycles. The normalized spacial score (nSPS) is 30.3. The molecule has 1 aliphatic carbocycles. The number of nitrogen functional groups attached to an aromatic ring is 1. The Labute approximate surface area is 177 Å². The van der Waals surface area contributed by atoms with E-state index in [0.717, 1.165) is 6.33 Å². The third kappa shape index (κ3) is 5.17. The van der Waals surface area contributed by atoms with Crippen LogP contribution in [0.15, 0.2) is 11.1 Å². The molecule has 10 N–H and O–H groups in total. The minimum Gasteiger partial charge on any atom is -0.387 e. The number of imidazole rings is 1. The van der Waals surface area contributed by atoms with Crippen LogP contribution >= 0.6 is 23.4 Å². The summed E-state index contributed by atoms with van der Waals surface area (Å²) in [6.45, 7) is 1.17. The van der Waals surface area contributed by atoms with E-state index >= 15 is 0 Å². The van der Waals surface area contributed by atoms with Crippen LogP contribution in [0.5, 0.6) is 0 Å². The Hall–Kier alpha value is -1.52. The standard InChI is InChI=1S/C11H19N6O12P3/c1-11(20)5(17-3-14-6-8(17)15-10(12)16-9(6)19)2-4(7(11)18)27-30(13,21)28-32(25,26)29-31(22,23)24/h3-5,7,18,20H,2H2,1H3,(H2,13,21)(H,25,26)(H2,22,23,24)(H3,12,15,16,19)/t4?,5-,7-,11+,30?/m1/s1. The van der Waals surface area contributed by atoms with Gasteiger partial charge in [0.1, 0.15) is 11.7 Å². The van der Waals surface area contributed by atoms with E-state index in [4.69, 9.17) is 25.5 Å². The average molecular weight is 520 g/mol. The van der Waals surface area contributed by atoms with Crippen LogP contribution in [-0.2, 0) is 26.8 Å². The van der Waals surface area contributed by atoms with Crippen LogP contribution in [0.1, 0.15) is 19.4 Å². The molecule has 0 amide bonds. The van der Waals surface area contributed by atoms with Crippen molar-refractivity contribution >= 4 is 40.5 Å². The number of H-pyrrole nitrogens is 1. The third-order valence-electron chi connectivity index (χ3n) is 4.58. The highest BCUT2D eigenvalue weighted by Gasteiger charge is 2.55. The number of aromatic nitrogens is 4. The molecular weight excluding hydrogens is 501 g/mol. The van der Waals surface area contributed by atoms with Crippen LogP contribution in [0.4, 0.5) is 5.95 Å². The summed E-state index contributed by atoms with van der Waals surface area (Å²) in [7, 11) is -16.3. The molecule has 0 aromatic carbocycles. The number of hydrogen-bond donors (Lipinski definition) is 8. The van der Waals surface area contributed by atoms with Crippen LogP contribution in [-0.4, -0.2) is 62.2 Å². The van der Waals surface area contributed by atoms with Crippen molar-refractivity contribution < 1.29 is 51.7 Å². The number of aromatic amines is 1. The maximum atomic E-state index is 12.3. The van der Waals surface area contributed by atoms with Crippen molar-refractivity contribution in [3.63, 3.8) is 0 Å². The van der Waals surface area contributed by atoms with Gasteiger partial charge in [-0.25, -0.2) is 24.2 Å². The molecule has 32 heavy (non-hydrogen) atoms. The van der Waals surface area contributed by atoms with Gasteiger partial charge >= 0.3 is 23.4 Å². The summed E-state index contributed by atoms with van der Waals surface area (Å²) in [5.74, 6) is -0.251. The second-order valence-corrected chi connectivity index (χ2v) is 11.5. The van der Waals surface area contributed by atoms with Crippen molar-refractivity contribution in [2.45, 2.75) is 37.2 Å². The summed E-state index contributed by atoms with van der Waals surface area (Å²) in [6.07, 6.45) is -2.62. The zero-order valence-electron chi connectivity index (χ0n) is 15.9. The smallest absolute Gasteiger partial charge is 0.387 e. The van der Waals surface area contributed by atoms with Crippen LogP contribution in [0, 0.1) is 0 Å². The van der Waals surface area contributed by atoms with Gasteiger partial charge < -0.3 is 35.2 Å². The van der Waals surface area contributed by atoms with E-state index in [-0.39, 0.29) is 23.5 Å². The Bertz CT molecular complexity index is 1240. The highest BCUT2D eigenvalue weighted by Crippen LogP contribution is 2.66. The summed E-state index contributed by atoms with van der Waals surface area (Å²) in [4.78, 5) is 48.5. The number of rotatable bonds is 7. The van der Waals surface area contributed by atoms with Crippen molar-refractivity contribution in [1.82, 2.24) is 19.5 Å². The lowest BCUT2D eigenvalue weighted by Gasteiger charge is -2.30. The van der Waals surface area contributed by atoms with E-state index in [9.17, 15) is 33.6 Å². The quantitative estimate of drug-likeness (QED) is 0.191. The second kappa shape index (κ2) is 8.06. The first-order valence-corrected chi connectivity index (χ1v) is 13.1. The third-order valence-corrected chi connectivity index (χ3v) is 8.55. The van der Waals surface area contributed by atoms with Gasteiger partial charge in [-0.05, 0) is 6.92 Å². The Morgan fingerprint density at radius 1 is 1.28 bits per heavy atom. The molecule has 0 saturated heterocycles. The maximum absolute atomic E-state index is 12.3. The molecular formula is C11H19N6O12P3. The minimum atomic E-state index is -5.65. The first-order valence-electron chi connectivity index (χ1n) is 8.43. The molecule has 1 fully saturated rings. The lowest BCUT2D eigenvalue weighted by Crippen LogP contribution is -2.44. The Balaban J connectivity index is 1.87. The number of nitrogens with zero attached hydrogens (tertiary/aromatic N) is 3. The molecule has 1 aliphatic rings. The van der Waals surface area contributed by atoms with Gasteiger partial charge in [-0.15, -0.1) is 0 Å². The van der Waals surface area contributed by atoms with Gasteiger partial charge in [-0.1, -0.05) is 0 Å². The predicted octanol–water partition coefficient (Wildman–Crippen LogP) is -1.56. The molecule has 2 aromatic rings. The minimum absolute atomic E-state index is 0.0496. The van der Waals surface area contributed by atoms with Gasteiger partial charge in [0.15, 0.2) is 11.2 Å². The summed E-state index contributed by atoms with van der Waals surface area (Å²) in [5.41, 5.74) is 7.87. The van der Waals surface area contributed by atoms with E-state index in [1.54, 1.807) is 0 Å². The summed E-state index contributed by atoms with van der Waals surface area (Å²) in [5, 5.41) is 21.3. The van der Waals surface area contributed by atoms with Gasteiger partial charge in [0, 0.05) is 6.42 Å². The van der Waals surface area contributed by atoms with Crippen molar-refractivity contribution in [2.24, 2.45) is 5.50 Å². The van der Waals surface area contributed by atoms with Gasteiger partial charge in [-0.3, -0.25) is 14.3 Å². The molecule has 3 rings (SSSR count). The number of fused-ring (bicyclic) bond motifs is 1. The van der Waals surface area contributed by atoms with Gasteiger partial charge in [0.2, 0.25) is 5.95 Å². The summed E-state index contributed by atoms with van der Waals surface area (Å²) in [6, 6.07) is -1.10. The fourth-order valence-electron chi connectivity index (χ4n) is 3.33. The fraction of sp³-hybridized carbons (Fsp3) is 0.545. The number of aliphatic hydroxyl groups excluding tert-OH is 1. The predicted molar refractivity (Wildman–Crippen MR) is 104 cm³/mol. The van der Waals surface area contributed by atoms with Gasteiger partial charge in [0.05, 0.1) is 18.5 Å². The molecule has 3 unspecified atom stereocenters. The monoisotopic (exact) mass is 520 g/mol. The van der Waals surface area contributed by atoms with Crippen molar-refractivity contribution in [3.05, 3.63) is 16.7 Å². The van der Waals surface area contributed by atoms with Crippen LogP contribution in [0.2, 0.25) is 0 Å². The van der Waals surface area contributed by atoms with Crippen molar-refractivity contribution in [1.29, 1.82) is 0 Å². The number of hydrogen-bond acceptors (Lipinski definition) is 12. The van der Waals surface area contributed by atoms with E-state index in [0.29, 0.717) is 0 Å². The van der Waals surface area contributed by atoms with Crippen molar-refractivity contribution in [3.8, 4) is 0 Å². The molecule has 180 valence electrons. The Kier molecular flexibility index (Phi) is 6.32. The molecule has 18 nitrogen and oxygen atoms in total. The highest BCUT2D eigenvalue weighted by molar-refractivity contribution is 7.67. The lowest BCUT2D eigenvalue weighted by atomic mass is 9.98. The Morgan fingerprint density at radius 2 is 1.91 bits per heavy atom. The Morgan fingerprint density at radius 3 is 2.50 bits per heavy atom. The molecule has 1 saturated carbocycles. The van der Waals surface area contributed by atoms with Crippen molar-refractivity contribution in [2.75, 3.05) is 5.73 Å². The highest BCUT2D eigenvalue weighted by atomic mass is 31.3. The molecule has 0 radical (unpaired) electrons. The first-order chi connectivity index (χ1) is 14.4. The van der Waals surface area contributed by atoms with Gasteiger partial charge in [0.25, 0.3) is 5.56 Å². The number of aliphatic hydroxyl groups is 2. The van der Waals surface area contributed by atoms with Gasteiger partial charge in [-0.2, -0.15) is 13.6 Å². The molecule has 2 aromatic heterocycles. The van der Waals surface area contributed by atoms with Crippen LogP contribution < -0.4 is 16.8 Å². The van der Waals surface area contributed by atoms with Crippen LogP contribution in [0.25, 0.3) is 11.2 Å². The summed E-state index contributed by atoms with van der Waals surface area (Å²) >= 11 is 0. The fourth-order valence-corrected chi connectivity index (χ4v) is 6.68. The van der Waals surface area contributed by atoms with E-state index < -0.39 is 52.8 Å². The second-order valence-electron chi connectivity index (χ2n) is 7.00. The number of phosphoric acid groups is 2. The van der Waals surface area contributed by atoms with E-state index in [1.807, 2.05) is 0 Å². The number of anilines is 1. The number of nitrogens with two attached hydrogens (primary N) is 2. The maximum Gasteiger partial charge on any atom is 0.489 e. The molecule has 6 atom stereocenters. The molecule has 0 bridgehead atoms. The largest absolute Gasteiger partial charge is 0.489 e. The molecule has 0 spiro atoms.